The highest BCUT2D eigenvalue weighted by molar-refractivity contribution is 9.10. The summed E-state index contributed by atoms with van der Waals surface area (Å²) < 4.78 is 1.02. The summed E-state index contributed by atoms with van der Waals surface area (Å²) in [5.41, 5.74) is 1.86. The Balaban J connectivity index is 1.73. The number of nitrogens with zero attached hydrogens (tertiary/aromatic N) is 1. The Hall–Kier alpha value is -1.11. The van der Waals surface area contributed by atoms with Gasteiger partial charge in [0.05, 0.1) is 0 Å². The van der Waals surface area contributed by atoms with Gasteiger partial charge in [0.2, 0.25) is 0 Å². The summed E-state index contributed by atoms with van der Waals surface area (Å²) in [5.74, 6) is 0. The molecular formula is C15H16BrN3OS. The lowest BCUT2D eigenvalue weighted by Gasteiger charge is -2.08. The third-order valence-corrected chi connectivity index (χ3v) is 5.10. The number of aromatic nitrogens is 2. The second kappa shape index (κ2) is 6.34. The highest BCUT2D eigenvalue weighted by Crippen LogP contribution is 2.32. The van der Waals surface area contributed by atoms with Crippen LogP contribution in [0.3, 0.4) is 0 Å². The number of hydrogen-bond acceptors (Lipinski definition) is 4. The maximum absolute atomic E-state index is 11.5. The first-order valence-corrected chi connectivity index (χ1v) is 8.49. The Labute approximate surface area is 135 Å². The minimum atomic E-state index is -0.119. The Bertz CT molecular complexity index is 712. The lowest BCUT2D eigenvalue weighted by Crippen LogP contribution is -2.15. The van der Waals surface area contributed by atoms with Crippen LogP contribution in [0.25, 0.3) is 0 Å². The third kappa shape index (κ3) is 4.18. The van der Waals surface area contributed by atoms with E-state index in [2.05, 4.69) is 49.4 Å². The largest absolute Gasteiger partial charge is 0.310 e. The molecule has 1 saturated carbocycles. The number of aromatic amines is 1. The average Bonchev–Trinajstić information content (AvgIpc) is 3.22. The van der Waals surface area contributed by atoms with E-state index in [0.29, 0.717) is 11.2 Å². The number of halogens is 1. The maximum Gasteiger partial charge on any atom is 0.251 e. The first-order valence-electron chi connectivity index (χ1n) is 6.88. The zero-order valence-electron chi connectivity index (χ0n) is 11.6. The van der Waals surface area contributed by atoms with Gasteiger partial charge in [-0.25, -0.2) is 4.98 Å². The molecule has 1 aliphatic rings. The Morgan fingerprint density at radius 2 is 2.24 bits per heavy atom. The normalized spacial score (nSPS) is 14.4. The number of H-pyrrole nitrogens is 1. The first-order chi connectivity index (χ1) is 10.1. The molecular weight excluding hydrogens is 350 g/mol. The van der Waals surface area contributed by atoms with E-state index in [4.69, 9.17) is 0 Å². The van der Waals surface area contributed by atoms with E-state index in [0.717, 1.165) is 21.6 Å². The highest BCUT2D eigenvalue weighted by atomic mass is 79.9. The van der Waals surface area contributed by atoms with Gasteiger partial charge >= 0.3 is 0 Å². The van der Waals surface area contributed by atoms with E-state index in [1.807, 2.05) is 6.92 Å². The van der Waals surface area contributed by atoms with Gasteiger partial charge in [-0.15, -0.1) is 0 Å². The molecule has 0 aliphatic heterocycles. The number of rotatable bonds is 5. The van der Waals surface area contributed by atoms with Crippen LogP contribution in [0, 0.1) is 6.92 Å². The molecule has 0 radical (unpaired) electrons. The SMILES string of the molecule is Cc1cc(=O)[nH]c(Sc2ccc(CNC3CC3)cc2Br)n1. The van der Waals surface area contributed by atoms with E-state index in [1.165, 1.54) is 36.2 Å². The zero-order chi connectivity index (χ0) is 14.8. The molecule has 0 saturated heterocycles. The molecule has 3 rings (SSSR count). The lowest BCUT2D eigenvalue weighted by molar-refractivity contribution is 0.687. The van der Waals surface area contributed by atoms with Gasteiger partial charge in [0.1, 0.15) is 0 Å². The minimum absolute atomic E-state index is 0.119. The van der Waals surface area contributed by atoms with Gasteiger partial charge < -0.3 is 10.3 Å². The minimum Gasteiger partial charge on any atom is -0.310 e. The van der Waals surface area contributed by atoms with E-state index in [9.17, 15) is 4.79 Å². The van der Waals surface area contributed by atoms with E-state index < -0.39 is 0 Å². The summed E-state index contributed by atoms with van der Waals surface area (Å²) in [7, 11) is 0. The summed E-state index contributed by atoms with van der Waals surface area (Å²) in [5, 5.41) is 4.11. The molecule has 1 fully saturated rings. The summed E-state index contributed by atoms with van der Waals surface area (Å²) in [6, 6.07) is 8.48. The number of hydrogen-bond donors (Lipinski definition) is 2. The average molecular weight is 366 g/mol. The fourth-order valence-electron chi connectivity index (χ4n) is 1.99. The van der Waals surface area contributed by atoms with Crippen molar-refractivity contribution >= 4 is 27.7 Å². The van der Waals surface area contributed by atoms with Crippen molar-refractivity contribution in [2.24, 2.45) is 0 Å². The van der Waals surface area contributed by atoms with Crippen molar-refractivity contribution < 1.29 is 0 Å². The number of benzene rings is 1. The molecule has 6 heteroatoms. The molecule has 4 nitrogen and oxygen atoms in total. The van der Waals surface area contributed by atoms with Crippen LogP contribution >= 0.6 is 27.7 Å². The second-order valence-corrected chi connectivity index (χ2v) is 7.10. The molecule has 1 aromatic carbocycles. The van der Waals surface area contributed by atoms with Crippen LogP contribution in [0.2, 0.25) is 0 Å². The topological polar surface area (TPSA) is 57.8 Å². The van der Waals surface area contributed by atoms with Gasteiger partial charge in [0, 0.05) is 33.7 Å². The smallest absolute Gasteiger partial charge is 0.251 e. The fourth-order valence-corrected chi connectivity index (χ4v) is 3.50. The van der Waals surface area contributed by atoms with Crippen molar-refractivity contribution in [3.8, 4) is 0 Å². The Kier molecular flexibility index (Phi) is 4.47. The Morgan fingerprint density at radius 1 is 1.43 bits per heavy atom. The molecule has 21 heavy (non-hydrogen) atoms. The van der Waals surface area contributed by atoms with Crippen molar-refractivity contribution in [1.82, 2.24) is 15.3 Å². The summed E-state index contributed by atoms with van der Waals surface area (Å²) in [4.78, 5) is 19.6. The standard InChI is InChI=1S/C15H16BrN3OS/c1-9-6-14(20)19-15(18-9)21-13-5-2-10(7-12(13)16)8-17-11-3-4-11/h2,5-7,11,17H,3-4,8H2,1H3,(H,18,19,20). The molecule has 0 atom stereocenters. The predicted octanol–water partition coefficient (Wildman–Crippen LogP) is 3.24. The van der Waals surface area contributed by atoms with Crippen molar-refractivity contribution in [1.29, 1.82) is 0 Å². The van der Waals surface area contributed by atoms with Crippen LogP contribution in [0.5, 0.6) is 0 Å². The monoisotopic (exact) mass is 365 g/mol. The van der Waals surface area contributed by atoms with Crippen LogP contribution in [-0.4, -0.2) is 16.0 Å². The fraction of sp³-hybridized carbons (Fsp3) is 0.333. The molecule has 110 valence electrons. The summed E-state index contributed by atoms with van der Waals surface area (Å²) >= 11 is 5.05. The van der Waals surface area contributed by atoms with Gasteiger partial charge in [-0.2, -0.15) is 0 Å². The lowest BCUT2D eigenvalue weighted by atomic mass is 10.2. The van der Waals surface area contributed by atoms with Crippen LogP contribution < -0.4 is 10.9 Å². The van der Waals surface area contributed by atoms with Crippen LogP contribution in [-0.2, 0) is 6.54 Å². The van der Waals surface area contributed by atoms with Gasteiger partial charge in [0.15, 0.2) is 5.16 Å². The third-order valence-electron chi connectivity index (χ3n) is 3.22. The molecule has 1 aromatic heterocycles. The summed E-state index contributed by atoms with van der Waals surface area (Å²) in [6.45, 7) is 2.72. The van der Waals surface area contributed by atoms with Crippen LogP contribution in [0.15, 0.2) is 43.6 Å². The van der Waals surface area contributed by atoms with Crippen molar-refractivity contribution in [2.75, 3.05) is 0 Å². The van der Waals surface area contributed by atoms with Crippen LogP contribution in [0.4, 0.5) is 0 Å². The number of aryl methyl sites for hydroxylation is 1. The maximum atomic E-state index is 11.5. The zero-order valence-corrected chi connectivity index (χ0v) is 14.1. The molecule has 1 aliphatic carbocycles. The van der Waals surface area contributed by atoms with Crippen molar-refractivity contribution in [3.05, 3.63) is 50.3 Å². The molecule has 0 unspecified atom stereocenters. The summed E-state index contributed by atoms with van der Waals surface area (Å²) in [6.07, 6.45) is 2.59. The molecule has 0 bridgehead atoms. The molecule has 0 spiro atoms. The quantitative estimate of drug-likeness (QED) is 0.798. The Morgan fingerprint density at radius 3 is 2.90 bits per heavy atom. The molecule has 2 N–H and O–H groups in total. The predicted molar refractivity (Wildman–Crippen MR) is 87.7 cm³/mol. The molecule has 0 amide bonds. The van der Waals surface area contributed by atoms with Gasteiger partial charge in [-0.05, 0) is 53.4 Å². The van der Waals surface area contributed by atoms with E-state index in [1.54, 1.807) is 0 Å². The van der Waals surface area contributed by atoms with Gasteiger partial charge in [-0.1, -0.05) is 17.8 Å². The van der Waals surface area contributed by atoms with E-state index in [-0.39, 0.29) is 5.56 Å². The second-order valence-electron chi connectivity index (χ2n) is 5.21. The van der Waals surface area contributed by atoms with Crippen molar-refractivity contribution in [2.45, 2.75) is 42.4 Å². The van der Waals surface area contributed by atoms with Crippen LogP contribution in [0.1, 0.15) is 24.1 Å². The van der Waals surface area contributed by atoms with Gasteiger partial charge in [0.25, 0.3) is 5.56 Å². The molecule has 1 heterocycles. The number of nitrogens with one attached hydrogen (secondary N) is 2. The van der Waals surface area contributed by atoms with Gasteiger partial charge in [-0.3, -0.25) is 4.79 Å². The first kappa shape index (κ1) is 14.8. The highest BCUT2D eigenvalue weighted by Gasteiger charge is 2.20. The van der Waals surface area contributed by atoms with Crippen molar-refractivity contribution in [3.63, 3.8) is 0 Å². The molecule has 2 aromatic rings. The van der Waals surface area contributed by atoms with E-state index >= 15 is 0 Å².